The summed E-state index contributed by atoms with van der Waals surface area (Å²) in [6.45, 7) is 1.51. The molecule has 0 heterocycles. The van der Waals surface area contributed by atoms with Crippen molar-refractivity contribution >= 4 is 29.4 Å². The molecule has 0 saturated carbocycles. The number of methoxy groups -OCH3 is 3. The quantitative estimate of drug-likeness (QED) is 0.527. The number of nitrogens with zero attached hydrogens (tertiary/aromatic N) is 1. The highest BCUT2D eigenvalue weighted by molar-refractivity contribution is 6.33. The highest BCUT2D eigenvalue weighted by atomic mass is 35.5. The van der Waals surface area contributed by atoms with Gasteiger partial charge in [0.15, 0.2) is 11.5 Å². The van der Waals surface area contributed by atoms with E-state index in [1.807, 2.05) is 0 Å². The van der Waals surface area contributed by atoms with Gasteiger partial charge in [-0.15, -0.1) is 0 Å². The molecule has 0 aromatic heterocycles. The fourth-order valence-corrected chi connectivity index (χ4v) is 2.45. The van der Waals surface area contributed by atoms with Crippen LogP contribution in [0.25, 0.3) is 0 Å². The van der Waals surface area contributed by atoms with Crippen molar-refractivity contribution in [3.63, 3.8) is 0 Å². The Bertz CT molecular complexity index is 850. The van der Waals surface area contributed by atoms with Gasteiger partial charge in [0.1, 0.15) is 5.82 Å². The van der Waals surface area contributed by atoms with E-state index in [0.717, 1.165) is 6.07 Å². The van der Waals surface area contributed by atoms with Gasteiger partial charge in [-0.05, 0) is 37.3 Å². The molecule has 28 heavy (non-hydrogen) atoms. The first kappa shape index (κ1) is 21.3. The van der Waals surface area contributed by atoms with Gasteiger partial charge in [-0.1, -0.05) is 16.8 Å². The van der Waals surface area contributed by atoms with Crippen LogP contribution in [0.5, 0.6) is 17.2 Å². The highest BCUT2D eigenvalue weighted by Crippen LogP contribution is 2.37. The number of carbonyl (C=O) groups is 1. The second kappa shape index (κ2) is 9.80. The lowest BCUT2D eigenvalue weighted by molar-refractivity contribution is -0.126. The highest BCUT2D eigenvalue weighted by Gasteiger charge is 2.16. The van der Waals surface area contributed by atoms with Gasteiger partial charge in [0.2, 0.25) is 11.9 Å². The number of carbonyl (C=O) groups excluding carboxylic acids is 1. The maximum atomic E-state index is 13.1. The van der Waals surface area contributed by atoms with Gasteiger partial charge in [-0.2, -0.15) is 0 Å². The minimum absolute atomic E-state index is 0.0847. The number of hydrogen-bond acceptors (Lipinski definition) is 6. The molecule has 1 atom stereocenters. The number of anilines is 1. The predicted octanol–water partition coefficient (Wildman–Crippen LogP) is 3.88. The lowest BCUT2D eigenvalue weighted by atomic mass is 10.2. The van der Waals surface area contributed by atoms with E-state index in [4.69, 9.17) is 30.6 Å². The van der Waals surface area contributed by atoms with Crippen molar-refractivity contribution in [2.45, 2.75) is 13.0 Å². The minimum atomic E-state index is -0.917. The van der Waals surface area contributed by atoms with Gasteiger partial charge in [-0.3, -0.25) is 4.79 Å². The van der Waals surface area contributed by atoms with Crippen molar-refractivity contribution in [2.75, 3.05) is 26.6 Å². The number of halogens is 2. The van der Waals surface area contributed by atoms with E-state index in [1.54, 1.807) is 12.1 Å². The molecule has 0 aliphatic carbocycles. The molecule has 1 amide bonds. The zero-order chi connectivity index (χ0) is 20.7. The average Bonchev–Trinajstić information content (AvgIpc) is 2.68. The van der Waals surface area contributed by atoms with Gasteiger partial charge in [-0.25, -0.2) is 4.39 Å². The van der Waals surface area contributed by atoms with E-state index in [0.29, 0.717) is 22.8 Å². The van der Waals surface area contributed by atoms with Crippen LogP contribution in [-0.2, 0) is 9.63 Å². The third-order valence-electron chi connectivity index (χ3n) is 3.67. The lowest BCUT2D eigenvalue weighted by Gasteiger charge is -2.13. The number of ether oxygens (including phenoxy) is 3. The van der Waals surface area contributed by atoms with Gasteiger partial charge < -0.3 is 24.4 Å². The Balaban J connectivity index is 2.04. The molecule has 2 aromatic rings. The molecular weight excluding hydrogens is 391 g/mol. The number of oxime groups is 1. The summed E-state index contributed by atoms with van der Waals surface area (Å²) in [6.07, 6.45) is 0.485. The molecule has 0 saturated heterocycles. The second-order valence-corrected chi connectivity index (χ2v) is 5.96. The molecule has 0 fully saturated rings. The average molecular weight is 411 g/mol. The first-order chi connectivity index (χ1) is 13.4. The number of amides is 1. The van der Waals surface area contributed by atoms with Crippen molar-refractivity contribution in [2.24, 2.45) is 5.16 Å². The van der Waals surface area contributed by atoms with E-state index in [2.05, 4.69) is 10.5 Å². The number of benzene rings is 2. The van der Waals surface area contributed by atoms with Gasteiger partial charge in [0, 0.05) is 5.56 Å². The zero-order valence-corrected chi connectivity index (χ0v) is 16.5. The maximum Gasteiger partial charge on any atom is 0.268 e. The van der Waals surface area contributed by atoms with Crippen LogP contribution in [0.3, 0.4) is 0 Å². The molecule has 9 heteroatoms. The van der Waals surface area contributed by atoms with E-state index in [1.165, 1.54) is 46.6 Å². The molecule has 0 aliphatic rings. The largest absolute Gasteiger partial charge is 0.493 e. The fourth-order valence-electron chi connectivity index (χ4n) is 2.23. The summed E-state index contributed by atoms with van der Waals surface area (Å²) in [5.74, 6) is 0.380. The molecule has 0 aliphatic heterocycles. The Kier molecular flexibility index (Phi) is 7.45. The maximum absolute atomic E-state index is 13.1. The molecular formula is C19H20ClFN2O5. The topological polar surface area (TPSA) is 78.4 Å². The van der Waals surface area contributed by atoms with E-state index >= 15 is 0 Å². The first-order valence-electron chi connectivity index (χ1n) is 8.14. The fraction of sp³-hybridized carbons (Fsp3) is 0.263. The Morgan fingerprint density at radius 1 is 1.14 bits per heavy atom. The number of rotatable bonds is 8. The monoisotopic (exact) mass is 410 g/mol. The summed E-state index contributed by atoms with van der Waals surface area (Å²) < 4.78 is 28.8. The van der Waals surface area contributed by atoms with Crippen LogP contribution >= 0.6 is 11.6 Å². The van der Waals surface area contributed by atoms with Crippen LogP contribution in [0.4, 0.5) is 10.1 Å². The predicted molar refractivity (Wildman–Crippen MR) is 104 cm³/mol. The van der Waals surface area contributed by atoms with Crippen molar-refractivity contribution in [1.82, 2.24) is 0 Å². The Morgan fingerprint density at radius 3 is 2.32 bits per heavy atom. The van der Waals surface area contributed by atoms with Crippen LogP contribution in [-0.4, -0.2) is 39.6 Å². The van der Waals surface area contributed by atoms with Crippen molar-refractivity contribution in [3.05, 3.63) is 46.7 Å². The van der Waals surface area contributed by atoms with Crippen LogP contribution in [0.1, 0.15) is 12.5 Å². The number of nitrogens with one attached hydrogen (secondary N) is 1. The summed E-state index contributed by atoms with van der Waals surface area (Å²) in [4.78, 5) is 17.3. The Labute approximate surface area is 167 Å². The molecule has 150 valence electrons. The van der Waals surface area contributed by atoms with Crippen LogP contribution in [0.2, 0.25) is 5.02 Å². The summed E-state index contributed by atoms with van der Waals surface area (Å²) in [5, 5.41) is 6.45. The molecule has 0 bridgehead atoms. The summed E-state index contributed by atoms with van der Waals surface area (Å²) in [7, 11) is 4.51. The molecule has 0 unspecified atom stereocenters. The van der Waals surface area contributed by atoms with Gasteiger partial charge >= 0.3 is 0 Å². The van der Waals surface area contributed by atoms with E-state index in [9.17, 15) is 9.18 Å². The van der Waals surface area contributed by atoms with Crippen molar-refractivity contribution < 1.29 is 28.2 Å². The number of hydrogen-bond donors (Lipinski definition) is 1. The Morgan fingerprint density at radius 2 is 1.79 bits per heavy atom. The van der Waals surface area contributed by atoms with Crippen molar-refractivity contribution in [1.29, 1.82) is 0 Å². The SMILES string of the molecule is COc1cc(/C=N\O[C@@H](C)C(=O)Nc2ccc(F)cc2Cl)cc(OC)c1OC. The van der Waals surface area contributed by atoms with Crippen LogP contribution in [0.15, 0.2) is 35.5 Å². The smallest absolute Gasteiger partial charge is 0.268 e. The van der Waals surface area contributed by atoms with E-state index in [-0.39, 0.29) is 10.7 Å². The normalized spacial score (nSPS) is 11.8. The molecule has 0 spiro atoms. The third-order valence-corrected chi connectivity index (χ3v) is 3.98. The summed E-state index contributed by atoms with van der Waals surface area (Å²) >= 11 is 5.89. The van der Waals surface area contributed by atoms with Crippen LogP contribution < -0.4 is 19.5 Å². The minimum Gasteiger partial charge on any atom is -0.493 e. The Hall–Kier alpha value is -3.00. The van der Waals surface area contributed by atoms with Gasteiger partial charge in [0.25, 0.3) is 5.91 Å². The molecule has 1 N–H and O–H groups in total. The zero-order valence-electron chi connectivity index (χ0n) is 15.8. The summed E-state index contributed by atoms with van der Waals surface area (Å²) in [5.41, 5.74) is 0.890. The molecule has 2 aromatic carbocycles. The first-order valence-corrected chi connectivity index (χ1v) is 8.52. The summed E-state index contributed by atoms with van der Waals surface area (Å²) in [6, 6.07) is 7.01. The lowest BCUT2D eigenvalue weighted by Crippen LogP contribution is -2.26. The van der Waals surface area contributed by atoms with Gasteiger partial charge in [0.05, 0.1) is 38.3 Å². The molecule has 0 radical (unpaired) electrons. The molecule has 7 nitrogen and oxygen atoms in total. The standard InChI is InChI=1S/C19H20ClFN2O5/c1-11(19(24)23-15-6-5-13(21)9-14(15)20)28-22-10-12-7-16(25-2)18(27-4)17(8-12)26-3/h5-11H,1-4H3,(H,23,24)/b22-10-/t11-/m0/s1. The van der Waals surface area contributed by atoms with Crippen molar-refractivity contribution in [3.8, 4) is 17.2 Å². The third kappa shape index (κ3) is 5.26. The van der Waals surface area contributed by atoms with Crippen LogP contribution in [0, 0.1) is 5.82 Å². The van der Waals surface area contributed by atoms with E-state index < -0.39 is 17.8 Å². The molecule has 2 rings (SSSR count). The second-order valence-electron chi connectivity index (χ2n) is 5.55.